The molecular weight excluding hydrogens is 442 g/mol. The van der Waals surface area contributed by atoms with Crippen molar-refractivity contribution in [1.29, 1.82) is 0 Å². The first-order valence-electron chi connectivity index (χ1n) is 9.53. The summed E-state index contributed by atoms with van der Waals surface area (Å²) >= 11 is 1.24. The summed E-state index contributed by atoms with van der Waals surface area (Å²) in [7, 11) is -2.65. The van der Waals surface area contributed by atoms with Gasteiger partial charge in [-0.25, -0.2) is 13.2 Å². The third kappa shape index (κ3) is 4.94. The number of piperazine rings is 1. The number of rotatable bonds is 6. The lowest BCUT2D eigenvalue weighted by molar-refractivity contribution is -0.145. The SMILES string of the molecule is COC(=O)[C@@H](C)NC(=O)[C@@H]1CN(S(=O)(=O)c2ccccc2)CCN1C(=O)c1cccs1. The molecule has 1 aromatic heterocycles. The zero-order chi connectivity index (χ0) is 22.6. The largest absolute Gasteiger partial charge is 0.467 e. The van der Waals surface area contributed by atoms with E-state index >= 15 is 0 Å². The molecule has 2 aromatic rings. The highest BCUT2D eigenvalue weighted by Gasteiger charge is 2.41. The lowest BCUT2D eigenvalue weighted by atomic mass is 10.1. The van der Waals surface area contributed by atoms with E-state index in [-0.39, 0.29) is 30.4 Å². The van der Waals surface area contributed by atoms with Crippen LogP contribution in [-0.4, -0.2) is 74.2 Å². The number of sulfonamides is 1. The summed E-state index contributed by atoms with van der Waals surface area (Å²) in [6.45, 7) is 1.31. The minimum Gasteiger partial charge on any atom is -0.467 e. The first-order chi connectivity index (χ1) is 14.8. The molecule has 0 unspecified atom stereocenters. The second kappa shape index (κ2) is 9.58. The lowest BCUT2D eigenvalue weighted by Crippen LogP contribution is -2.62. The van der Waals surface area contributed by atoms with Crippen molar-refractivity contribution in [2.45, 2.75) is 23.9 Å². The monoisotopic (exact) mass is 465 g/mol. The summed E-state index contributed by atoms with van der Waals surface area (Å²) in [4.78, 5) is 39.6. The van der Waals surface area contributed by atoms with Gasteiger partial charge in [-0.15, -0.1) is 11.3 Å². The summed E-state index contributed by atoms with van der Waals surface area (Å²) in [5.41, 5.74) is 0. The Kier molecular flexibility index (Phi) is 7.08. The third-order valence-corrected chi connectivity index (χ3v) is 7.67. The van der Waals surface area contributed by atoms with Gasteiger partial charge in [0.2, 0.25) is 15.9 Å². The summed E-state index contributed by atoms with van der Waals surface area (Å²) in [6, 6.07) is 9.22. The van der Waals surface area contributed by atoms with Gasteiger partial charge < -0.3 is 15.0 Å². The van der Waals surface area contributed by atoms with Gasteiger partial charge in [-0.05, 0) is 30.5 Å². The van der Waals surface area contributed by atoms with Crippen LogP contribution >= 0.6 is 11.3 Å². The lowest BCUT2D eigenvalue weighted by Gasteiger charge is -2.40. The van der Waals surface area contributed by atoms with Crippen LogP contribution in [0.4, 0.5) is 0 Å². The molecule has 9 nitrogen and oxygen atoms in total. The van der Waals surface area contributed by atoms with E-state index < -0.39 is 34.0 Å². The number of nitrogens with one attached hydrogen (secondary N) is 1. The second-order valence-electron chi connectivity index (χ2n) is 6.92. The maximum absolute atomic E-state index is 13.1. The molecule has 31 heavy (non-hydrogen) atoms. The van der Waals surface area contributed by atoms with Gasteiger partial charge in [-0.1, -0.05) is 24.3 Å². The van der Waals surface area contributed by atoms with E-state index in [2.05, 4.69) is 10.1 Å². The molecule has 1 fully saturated rings. The second-order valence-corrected chi connectivity index (χ2v) is 9.81. The van der Waals surface area contributed by atoms with Gasteiger partial charge in [-0.3, -0.25) is 9.59 Å². The van der Waals surface area contributed by atoms with Gasteiger partial charge in [0.05, 0.1) is 16.9 Å². The summed E-state index contributed by atoms with van der Waals surface area (Å²) < 4.78 is 31.9. The van der Waals surface area contributed by atoms with E-state index in [0.717, 1.165) is 0 Å². The van der Waals surface area contributed by atoms with Gasteiger partial charge in [-0.2, -0.15) is 4.31 Å². The van der Waals surface area contributed by atoms with Crippen LogP contribution in [-0.2, 0) is 24.3 Å². The number of hydrogen-bond donors (Lipinski definition) is 1. The first kappa shape index (κ1) is 22.9. The van der Waals surface area contributed by atoms with Crippen molar-refractivity contribution in [3.05, 3.63) is 52.7 Å². The normalized spacial score (nSPS) is 18.3. The van der Waals surface area contributed by atoms with E-state index in [1.54, 1.807) is 35.7 Å². The Balaban J connectivity index is 1.88. The molecule has 2 heterocycles. The van der Waals surface area contributed by atoms with E-state index in [1.807, 2.05) is 0 Å². The number of carbonyl (C=O) groups excluding carboxylic acids is 3. The summed E-state index contributed by atoms with van der Waals surface area (Å²) in [6.07, 6.45) is 0. The summed E-state index contributed by atoms with van der Waals surface area (Å²) in [5, 5.41) is 4.26. The van der Waals surface area contributed by atoms with Crippen LogP contribution in [0, 0.1) is 0 Å². The molecule has 166 valence electrons. The number of amides is 2. The van der Waals surface area contributed by atoms with Crippen LogP contribution in [0.2, 0.25) is 0 Å². The zero-order valence-electron chi connectivity index (χ0n) is 17.1. The number of ether oxygens (including phenoxy) is 1. The molecular formula is C20H23N3O6S2. The zero-order valence-corrected chi connectivity index (χ0v) is 18.7. The fourth-order valence-corrected chi connectivity index (χ4v) is 5.41. The van der Waals surface area contributed by atoms with Crippen LogP contribution in [0.5, 0.6) is 0 Å². The third-order valence-electron chi connectivity index (χ3n) is 4.93. The molecule has 11 heteroatoms. The molecule has 0 aliphatic carbocycles. The van der Waals surface area contributed by atoms with Gasteiger partial charge in [0.25, 0.3) is 5.91 Å². The maximum atomic E-state index is 13.1. The average Bonchev–Trinajstić information content (AvgIpc) is 3.33. The van der Waals surface area contributed by atoms with Crippen molar-refractivity contribution in [3.8, 4) is 0 Å². The Morgan fingerprint density at radius 3 is 2.45 bits per heavy atom. The van der Waals surface area contributed by atoms with Crippen LogP contribution in [0.15, 0.2) is 52.7 Å². The van der Waals surface area contributed by atoms with Crippen molar-refractivity contribution in [2.24, 2.45) is 0 Å². The highest BCUT2D eigenvalue weighted by molar-refractivity contribution is 7.89. The van der Waals surface area contributed by atoms with Crippen LogP contribution in [0.25, 0.3) is 0 Å². The Morgan fingerprint density at radius 1 is 1.13 bits per heavy atom. The van der Waals surface area contributed by atoms with Gasteiger partial charge in [0.15, 0.2) is 0 Å². The van der Waals surface area contributed by atoms with Crippen LogP contribution in [0.3, 0.4) is 0 Å². The van der Waals surface area contributed by atoms with E-state index in [4.69, 9.17) is 0 Å². The standard InChI is InChI=1S/C20H23N3O6S2/c1-14(20(26)29-2)21-18(24)16-13-22(31(27,28)15-7-4-3-5-8-15)10-11-23(16)19(25)17-9-6-12-30-17/h3-9,12,14,16H,10-11,13H2,1-2H3,(H,21,24)/t14-,16+/m1/s1. The molecule has 0 saturated carbocycles. The van der Waals surface area contributed by atoms with E-state index in [0.29, 0.717) is 4.88 Å². The molecule has 3 rings (SSSR count). The molecule has 1 aliphatic rings. The fourth-order valence-electron chi connectivity index (χ4n) is 3.27. The van der Waals surface area contributed by atoms with Crippen LogP contribution < -0.4 is 5.32 Å². The van der Waals surface area contributed by atoms with Crippen molar-refractivity contribution in [3.63, 3.8) is 0 Å². The molecule has 1 aliphatic heterocycles. The highest BCUT2D eigenvalue weighted by Crippen LogP contribution is 2.23. The Morgan fingerprint density at radius 2 is 1.84 bits per heavy atom. The van der Waals surface area contributed by atoms with E-state index in [1.165, 1.54) is 46.7 Å². The van der Waals surface area contributed by atoms with Crippen molar-refractivity contribution in [1.82, 2.24) is 14.5 Å². The topological polar surface area (TPSA) is 113 Å². The molecule has 2 atom stereocenters. The number of methoxy groups -OCH3 is 1. The Bertz CT molecular complexity index is 1040. The van der Waals surface area contributed by atoms with Crippen molar-refractivity contribution >= 4 is 39.1 Å². The average molecular weight is 466 g/mol. The molecule has 1 saturated heterocycles. The predicted molar refractivity (Wildman–Crippen MR) is 114 cm³/mol. The highest BCUT2D eigenvalue weighted by atomic mass is 32.2. The number of carbonyl (C=O) groups is 3. The van der Waals surface area contributed by atoms with Crippen molar-refractivity contribution in [2.75, 3.05) is 26.7 Å². The Labute approximate surface area is 184 Å². The van der Waals surface area contributed by atoms with Gasteiger partial charge in [0.1, 0.15) is 12.1 Å². The predicted octanol–water partition coefficient (Wildman–Crippen LogP) is 0.941. The molecule has 1 N–H and O–H groups in total. The minimum atomic E-state index is -3.85. The number of thiophene rings is 1. The quantitative estimate of drug-likeness (QED) is 0.636. The first-order valence-corrected chi connectivity index (χ1v) is 11.9. The van der Waals surface area contributed by atoms with Crippen molar-refractivity contribution < 1.29 is 27.5 Å². The molecule has 0 radical (unpaired) electrons. The smallest absolute Gasteiger partial charge is 0.328 e. The van der Waals surface area contributed by atoms with Gasteiger partial charge in [0, 0.05) is 19.6 Å². The number of benzene rings is 1. The van der Waals surface area contributed by atoms with E-state index in [9.17, 15) is 22.8 Å². The number of esters is 1. The fraction of sp³-hybridized carbons (Fsp3) is 0.350. The summed E-state index contributed by atoms with van der Waals surface area (Å²) in [5.74, 6) is -1.64. The number of hydrogen-bond acceptors (Lipinski definition) is 7. The molecule has 0 bridgehead atoms. The Hall–Kier alpha value is -2.76. The van der Waals surface area contributed by atoms with Crippen LogP contribution in [0.1, 0.15) is 16.6 Å². The van der Waals surface area contributed by atoms with Gasteiger partial charge >= 0.3 is 5.97 Å². The molecule has 0 spiro atoms. The minimum absolute atomic E-state index is 0.0352. The molecule has 2 amide bonds. The number of nitrogens with zero attached hydrogens (tertiary/aromatic N) is 2. The maximum Gasteiger partial charge on any atom is 0.328 e. The molecule has 1 aromatic carbocycles.